The van der Waals surface area contributed by atoms with E-state index in [9.17, 15) is 14.7 Å². The fourth-order valence-electron chi connectivity index (χ4n) is 4.18. The third-order valence-electron chi connectivity index (χ3n) is 5.32. The zero-order valence-corrected chi connectivity index (χ0v) is 14.0. The number of rotatable bonds is 5. The molecule has 1 spiro atoms. The van der Waals surface area contributed by atoms with Crippen LogP contribution in [-0.4, -0.2) is 54.4 Å². The van der Waals surface area contributed by atoms with Crippen molar-refractivity contribution in [1.29, 1.82) is 0 Å². The van der Waals surface area contributed by atoms with Gasteiger partial charge in [0.05, 0.1) is 32.8 Å². The van der Waals surface area contributed by atoms with E-state index in [0.29, 0.717) is 24.6 Å². The van der Waals surface area contributed by atoms with Crippen LogP contribution in [0, 0.1) is 11.8 Å². The lowest BCUT2D eigenvalue weighted by molar-refractivity contribution is -0.148. The molecule has 4 rings (SSSR count). The Hall–Kier alpha value is -2.54. The van der Waals surface area contributed by atoms with Crippen molar-refractivity contribution >= 4 is 11.9 Å². The Bertz CT molecular complexity index is 775. The van der Waals surface area contributed by atoms with Crippen molar-refractivity contribution < 1.29 is 28.9 Å². The van der Waals surface area contributed by atoms with E-state index in [1.54, 1.807) is 37.3 Å². The Balaban J connectivity index is 1.61. The lowest BCUT2D eigenvalue weighted by Crippen LogP contribution is -2.39. The van der Waals surface area contributed by atoms with Crippen LogP contribution in [0.5, 0.6) is 11.5 Å². The number of carbonyl (C=O) groups excluding carboxylic acids is 1. The van der Waals surface area contributed by atoms with Crippen molar-refractivity contribution in [3.8, 4) is 11.5 Å². The Morgan fingerprint density at radius 3 is 2.88 bits per heavy atom. The van der Waals surface area contributed by atoms with Gasteiger partial charge in [-0.1, -0.05) is 12.2 Å². The number of aliphatic carboxylic acids is 1. The molecule has 1 aromatic carbocycles. The summed E-state index contributed by atoms with van der Waals surface area (Å²) in [5.41, 5.74) is 0.0169. The van der Waals surface area contributed by atoms with Crippen LogP contribution in [0.25, 0.3) is 0 Å². The number of carboxylic acids is 1. The lowest BCUT2D eigenvalue weighted by Gasteiger charge is -2.22. The van der Waals surface area contributed by atoms with Crippen LogP contribution in [0.2, 0.25) is 0 Å². The number of benzene rings is 1. The van der Waals surface area contributed by atoms with E-state index in [4.69, 9.17) is 14.2 Å². The SMILES string of the molecule is COc1ccc(CN2C[C@]34C=C[C@@H](O3)[C@H](C(=O)O)[C@@H]4C2=O)c(OC)c1. The van der Waals surface area contributed by atoms with Crippen molar-refractivity contribution in [1.82, 2.24) is 4.90 Å². The van der Waals surface area contributed by atoms with Crippen LogP contribution in [0.1, 0.15) is 5.56 Å². The van der Waals surface area contributed by atoms with Crippen molar-refractivity contribution in [3.05, 3.63) is 35.9 Å². The van der Waals surface area contributed by atoms with Gasteiger partial charge in [0.2, 0.25) is 5.91 Å². The summed E-state index contributed by atoms with van der Waals surface area (Å²) in [5, 5.41) is 9.49. The van der Waals surface area contributed by atoms with Crippen LogP contribution in [-0.2, 0) is 20.9 Å². The fourth-order valence-corrected chi connectivity index (χ4v) is 4.18. The van der Waals surface area contributed by atoms with Crippen molar-refractivity contribution in [2.75, 3.05) is 20.8 Å². The largest absolute Gasteiger partial charge is 0.497 e. The number of methoxy groups -OCH3 is 2. The van der Waals surface area contributed by atoms with Gasteiger partial charge in [0, 0.05) is 18.2 Å². The smallest absolute Gasteiger partial charge is 0.310 e. The summed E-state index contributed by atoms with van der Waals surface area (Å²) in [7, 11) is 3.14. The molecule has 1 aromatic rings. The molecule has 2 bridgehead atoms. The number of amides is 1. The second-order valence-electron chi connectivity index (χ2n) is 6.61. The molecular formula is C18H19NO6. The minimum atomic E-state index is -0.988. The number of carboxylic acid groups (broad SMARTS) is 1. The monoisotopic (exact) mass is 345 g/mol. The average Bonchev–Trinajstić information content (AvgIpc) is 3.23. The number of carbonyl (C=O) groups is 2. The van der Waals surface area contributed by atoms with Crippen LogP contribution < -0.4 is 9.47 Å². The maximum atomic E-state index is 12.9. The normalized spacial score (nSPS) is 32.2. The summed E-state index contributed by atoms with van der Waals surface area (Å²) in [6, 6.07) is 5.41. The Morgan fingerprint density at radius 1 is 1.40 bits per heavy atom. The number of ether oxygens (including phenoxy) is 3. The van der Waals surface area contributed by atoms with Crippen LogP contribution in [0.4, 0.5) is 0 Å². The topological polar surface area (TPSA) is 85.3 Å². The number of nitrogens with zero attached hydrogens (tertiary/aromatic N) is 1. The van der Waals surface area contributed by atoms with E-state index in [1.807, 2.05) is 12.1 Å². The molecule has 0 aromatic heterocycles. The van der Waals surface area contributed by atoms with E-state index in [1.165, 1.54) is 0 Å². The van der Waals surface area contributed by atoms with E-state index in [0.717, 1.165) is 5.56 Å². The van der Waals surface area contributed by atoms with Crippen LogP contribution in [0.3, 0.4) is 0 Å². The van der Waals surface area contributed by atoms with Gasteiger partial charge in [-0.25, -0.2) is 0 Å². The maximum Gasteiger partial charge on any atom is 0.310 e. The molecule has 1 amide bonds. The molecule has 4 atom stereocenters. The summed E-state index contributed by atoms with van der Waals surface area (Å²) < 4.78 is 16.5. The second-order valence-corrected chi connectivity index (χ2v) is 6.61. The lowest BCUT2D eigenvalue weighted by atomic mass is 9.77. The molecule has 0 unspecified atom stereocenters. The molecule has 3 aliphatic rings. The molecule has 132 valence electrons. The first-order valence-corrected chi connectivity index (χ1v) is 8.09. The van der Waals surface area contributed by atoms with E-state index < -0.39 is 29.5 Å². The van der Waals surface area contributed by atoms with Gasteiger partial charge in [0.15, 0.2) is 0 Å². The van der Waals surface area contributed by atoms with E-state index in [2.05, 4.69) is 0 Å². The zero-order chi connectivity index (χ0) is 17.8. The van der Waals surface area contributed by atoms with Gasteiger partial charge in [0.25, 0.3) is 0 Å². The molecule has 2 saturated heterocycles. The molecule has 25 heavy (non-hydrogen) atoms. The highest BCUT2D eigenvalue weighted by Gasteiger charge is 2.67. The van der Waals surface area contributed by atoms with Crippen LogP contribution in [0.15, 0.2) is 30.4 Å². The van der Waals surface area contributed by atoms with Crippen molar-refractivity contribution in [2.45, 2.75) is 18.2 Å². The first-order chi connectivity index (χ1) is 12.0. The predicted molar refractivity (Wildman–Crippen MR) is 86.3 cm³/mol. The van der Waals surface area contributed by atoms with Gasteiger partial charge in [-0.2, -0.15) is 0 Å². The molecule has 7 nitrogen and oxygen atoms in total. The third-order valence-corrected chi connectivity index (χ3v) is 5.32. The predicted octanol–water partition coefficient (Wildman–Crippen LogP) is 1.07. The maximum absolute atomic E-state index is 12.9. The number of fused-ring (bicyclic) bond motifs is 1. The summed E-state index contributed by atoms with van der Waals surface area (Å²) in [6.45, 7) is 0.681. The Morgan fingerprint density at radius 2 is 2.20 bits per heavy atom. The van der Waals surface area contributed by atoms with Gasteiger partial charge in [-0.3, -0.25) is 9.59 Å². The second kappa shape index (κ2) is 5.49. The Labute approximate surface area is 144 Å². The van der Waals surface area contributed by atoms with Gasteiger partial charge in [-0.15, -0.1) is 0 Å². The van der Waals surface area contributed by atoms with Gasteiger partial charge in [0.1, 0.15) is 23.0 Å². The van der Waals surface area contributed by atoms with Gasteiger partial charge < -0.3 is 24.2 Å². The molecule has 3 aliphatic heterocycles. The minimum Gasteiger partial charge on any atom is -0.497 e. The van der Waals surface area contributed by atoms with Crippen LogP contribution >= 0.6 is 0 Å². The average molecular weight is 345 g/mol. The summed E-state index contributed by atoms with van der Waals surface area (Å²) >= 11 is 0. The van der Waals surface area contributed by atoms with E-state index >= 15 is 0 Å². The number of hydrogen-bond donors (Lipinski definition) is 1. The quantitative estimate of drug-likeness (QED) is 0.804. The molecule has 7 heteroatoms. The molecule has 2 fully saturated rings. The first kappa shape index (κ1) is 16.0. The summed E-state index contributed by atoms with van der Waals surface area (Å²) in [5.74, 6) is -1.36. The number of hydrogen-bond acceptors (Lipinski definition) is 5. The zero-order valence-electron chi connectivity index (χ0n) is 14.0. The molecule has 1 N–H and O–H groups in total. The van der Waals surface area contributed by atoms with Gasteiger partial charge in [-0.05, 0) is 12.1 Å². The highest BCUT2D eigenvalue weighted by atomic mass is 16.5. The molecule has 0 aliphatic carbocycles. The van der Waals surface area contributed by atoms with Gasteiger partial charge >= 0.3 is 5.97 Å². The van der Waals surface area contributed by atoms with E-state index in [-0.39, 0.29) is 5.91 Å². The minimum absolute atomic E-state index is 0.183. The van der Waals surface area contributed by atoms with Crippen molar-refractivity contribution in [2.24, 2.45) is 11.8 Å². The Kier molecular flexibility index (Phi) is 3.50. The molecule has 0 saturated carbocycles. The highest BCUT2D eigenvalue weighted by molar-refractivity contribution is 5.90. The fraction of sp³-hybridized carbons (Fsp3) is 0.444. The molecular weight excluding hydrogens is 326 g/mol. The standard InChI is InChI=1S/C18H19NO6/c1-23-11-4-3-10(13(7-11)24-2)8-19-9-18-6-5-12(25-18)14(17(21)22)15(18)16(19)20/h3-7,12,14-15H,8-9H2,1-2H3,(H,21,22)/t12-,14+,15-,18+/m1/s1. The number of likely N-dealkylation sites (tertiary alicyclic amines) is 1. The molecule has 0 radical (unpaired) electrons. The third kappa shape index (κ3) is 2.22. The highest BCUT2D eigenvalue weighted by Crippen LogP contribution is 2.52. The molecule has 3 heterocycles. The first-order valence-electron chi connectivity index (χ1n) is 8.09. The summed E-state index contributed by atoms with van der Waals surface area (Å²) in [4.78, 5) is 26.1. The summed E-state index contributed by atoms with van der Waals surface area (Å²) in [6.07, 6.45) is 3.11. The van der Waals surface area contributed by atoms with Crippen molar-refractivity contribution in [3.63, 3.8) is 0 Å².